The molecule has 0 amide bonds. The zero-order valence-electron chi connectivity index (χ0n) is 8.30. The third kappa shape index (κ3) is 6.66. The molecule has 0 radical (unpaired) electrons. The van der Waals surface area contributed by atoms with Crippen molar-refractivity contribution in [2.45, 2.75) is 13.6 Å². The molecule has 12 heteroatoms. The van der Waals surface area contributed by atoms with Crippen molar-refractivity contribution in [3.05, 3.63) is 0 Å². The predicted octanol–water partition coefficient (Wildman–Crippen LogP) is 1.37. The Hall–Kier alpha value is 0.555. The molecule has 0 fully saturated rings. The molecule has 0 heterocycles. The van der Waals surface area contributed by atoms with Crippen molar-refractivity contribution in [2.75, 3.05) is 6.66 Å². The Morgan fingerprint density at radius 2 is 1.40 bits per heavy atom. The molecular weight excluding hydrogens is 268 g/mol. The largest absolute Gasteiger partial charge is 0.486 e. The maximum Gasteiger partial charge on any atom is 0.486 e. The van der Waals surface area contributed by atoms with Crippen LogP contribution in [0.1, 0.15) is 0 Å². The van der Waals surface area contributed by atoms with Gasteiger partial charge in [-0.1, -0.05) is 13.6 Å². The molecule has 0 rings (SSSR count). The Bertz CT molecular complexity index is 358. The summed E-state index contributed by atoms with van der Waals surface area (Å²) in [7, 11) is -13.6. The van der Waals surface area contributed by atoms with Gasteiger partial charge in [-0.15, -0.1) is 0 Å². The number of phosphoric acid groups is 2. The van der Waals surface area contributed by atoms with Gasteiger partial charge in [0, 0.05) is 6.66 Å². The molecule has 0 saturated carbocycles. The lowest BCUT2D eigenvalue weighted by atomic mass is 9.84. The first-order chi connectivity index (χ1) is 6.36. The third-order valence-corrected chi connectivity index (χ3v) is 7.09. The lowest BCUT2D eigenvalue weighted by molar-refractivity contribution is 0.232. The van der Waals surface area contributed by atoms with Crippen LogP contribution in [-0.2, 0) is 22.3 Å². The third-order valence-electron chi connectivity index (χ3n) is 1.41. The minimum Gasteiger partial charge on any atom is -0.304 e. The van der Waals surface area contributed by atoms with Crippen LogP contribution in [0.4, 0.5) is 0 Å². The quantitative estimate of drug-likeness (QED) is 0.508. The Morgan fingerprint density at radius 3 is 1.67 bits per heavy atom. The fraction of sp³-hybridized carbons (Fsp3) is 1.00. The highest BCUT2D eigenvalue weighted by molar-refractivity contribution is 7.93. The van der Waals surface area contributed by atoms with Crippen LogP contribution < -0.4 is 0 Å². The van der Waals surface area contributed by atoms with E-state index in [0.29, 0.717) is 0 Å². The first-order valence-corrected chi connectivity index (χ1v) is 8.90. The van der Waals surface area contributed by atoms with Crippen LogP contribution in [0, 0.1) is 0 Å². The zero-order chi connectivity index (χ0) is 12.5. The van der Waals surface area contributed by atoms with Gasteiger partial charge < -0.3 is 19.2 Å². The summed E-state index contributed by atoms with van der Waals surface area (Å²) in [5.41, 5.74) is 0. The zero-order valence-corrected chi connectivity index (χ0v) is 11.0. The first-order valence-electron chi connectivity index (χ1n) is 3.74. The molecule has 2 unspecified atom stereocenters. The molecule has 0 aromatic heterocycles. The van der Waals surface area contributed by atoms with Crippen LogP contribution in [0.2, 0.25) is 13.6 Å². The molecule has 0 saturated heterocycles. The van der Waals surface area contributed by atoms with Crippen LogP contribution in [-0.4, -0.2) is 27.8 Å². The molecule has 0 aliphatic carbocycles. The van der Waals surface area contributed by atoms with Gasteiger partial charge in [0.05, 0.1) is 0 Å². The summed E-state index contributed by atoms with van der Waals surface area (Å²) in [5.74, 6) is 0. The monoisotopic (exact) mass is 280 g/mol. The summed E-state index contributed by atoms with van der Waals surface area (Å²) >= 11 is 0. The SMILES string of the molecule is CB(C)P(C)(=O)OP(=O)(O)OP(=O)(O)O. The van der Waals surface area contributed by atoms with E-state index in [1.54, 1.807) is 0 Å². The topological polar surface area (TPSA) is 130 Å². The van der Waals surface area contributed by atoms with Crippen LogP contribution in [0.25, 0.3) is 0 Å². The van der Waals surface area contributed by atoms with Gasteiger partial charge in [0.1, 0.15) is 0 Å². The highest BCUT2D eigenvalue weighted by atomic mass is 31.3. The highest BCUT2D eigenvalue weighted by Gasteiger charge is 2.39. The number of rotatable bonds is 5. The van der Waals surface area contributed by atoms with Crippen molar-refractivity contribution in [1.29, 1.82) is 0 Å². The fourth-order valence-corrected chi connectivity index (χ4v) is 4.30. The normalized spacial score (nSPS) is 20.4. The molecule has 0 spiro atoms. The van der Waals surface area contributed by atoms with E-state index in [9.17, 15) is 13.7 Å². The van der Waals surface area contributed by atoms with Gasteiger partial charge in [0.2, 0.25) is 6.43 Å². The second-order valence-electron chi connectivity index (χ2n) is 3.12. The van der Waals surface area contributed by atoms with E-state index < -0.39 is 29.3 Å². The summed E-state index contributed by atoms with van der Waals surface area (Å²) < 4.78 is 40.5. The Morgan fingerprint density at radius 1 is 1.00 bits per heavy atom. The van der Waals surface area contributed by atoms with E-state index in [4.69, 9.17) is 14.7 Å². The summed E-state index contributed by atoms with van der Waals surface area (Å²) in [6, 6.07) is 0. The average molecular weight is 280 g/mol. The Kier molecular flexibility index (Phi) is 5.00. The standard InChI is InChI=1S/C3H12BO8P3/c1-4(2)13(3,5)11-15(9,10)12-14(6,7)8/h1-3H3,(H,9,10)(H2,6,7,8). The van der Waals surface area contributed by atoms with E-state index >= 15 is 0 Å². The molecular formula is C3H12BO8P3. The smallest absolute Gasteiger partial charge is 0.304 e. The van der Waals surface area contributed by atoms with Crippen molar-refractivity contribution in [2.24, 2.45) is 0 Å². The van der Waals surface area contributed by atoms with Crippen molar-refractivity contribution >= 4 is 29.3 Å². The summed E-state index contributed by atoms with van der Waals surface area (Å²) in [5, 5.41) is 0. The molecule has 3 N–H and O–H groups in total. The maximum absolute atomic E-state index is 11.5. The molecule has 0 aromatic carbocycles. The highest BCUT2D eigenvalue weighted by Crippen LogP contribution is 2.66. The van der Waals surface area contributed by atoms with E-state index in [1.165, 1.54) is 13.6 Å². The molecule has 90 valence electrons. The van der Waals surface area contributed by atoms with Gasteiger partial charge in [-0.25, -0.2) is 13.4 Å². The molecule has 0 bridgehead atoms. The minimum atomic E-state index is -5.16. The molecule has 0 aliphatic rings. The van der Waals surface area contributed by atoms with Gasteiger partial charge in [-0.2, -0.15) is 4.31 Å². The van der Waals surface area contributed by atoms with E-state index in [2.05, 4.69) is 8.62 Å². The molecule has 15 heavy (non-hydrogen) atoms. The Labute approximate surface area is 87.3 Å². The van der Waals surface area contributed by atoms with Gasteiger partial charge >= 0.3 is 15.6 Å². The second kappa shape index (κ2) is 4.82. The van der Waals surface area contributed by atoms with E-state index in [-0.39, 0.29) is 0 Å². The van der Waals surface area contributed by atoms with Gasteiger partial charge in [-0.05, 0) is 0 Å². The number of hydrogen-bond donors (Lipinski definition) is 3. The summed E-state index contributed by atoms with van der Waals surface area (Å²) in [4.78, 5) is 25.4. The molecule has 2 atom stereocenters. The minimum absolute atomic E-state index is 0.571. The maximum atomic E-state index is 11.5. The van der Waals surface area contributed by atoms with Crippen molar-refractivity contribution < 1.29 is 37.0 Å². The lowest BCUT2D eigenvalue weighted by Gasteiger charge is -2.19. The predicted molar refractivity (Wildman–Crippen MR) is 55.1 cm³/mol. The van der Waals surface area contributed by atoms with Crippen molar-refractivity contribution in [3.63, 3.8) is 0 Å². The van der Waals surface area contributed by atoms with Gasteiger partial charge in [0.15, 0.2) is 7.25 Å². The van der Waals surface area contributed by atoms with E-state index in [1.807, 2.05) is 0 Å². The second-order valence-corrected chi connectivity index (χ2v) is 9.20. The first kappa shape index (κ1) is 15.6. The van der Waals surface area contributed by atoms with Crippen LogP contribution in [0.5, 0.6) is 0 Å². The van der Waals surface area contributed by atoms with Crippen molar-refractivity contribution in [3.8, 4) is 0 Å². The van der Waals surface area contributed by atoms with Gasteiger partial charge in [-0.3, -0.25) is 0 Å². The van der Waals surface area contributed by atoms with Crippen LogP contribution >= 0.6 is 22.9 Å². The number of hydrogen-bond acceptors (Lipinski definition) is 5. The fourth-order valence-electron chi connectivity index (χ4n) is 0.448. The lowest BCUT2D eigenvalue weighted by Crippen LogP contribution is -2.04. The van der Waals surface area contributed by atoms with Crippen LogP contribution in [0.15, 0.2) is 0 Å². The summed E-state index contributed by atoms with van der Waals surface area (Å²) in [6.07, 6.45) is -0.571. The summed E-state index contributed by atoms with van der Waals surface area (Å²) in [6.45, 7) is 4.01. The van der Waals surface area contributed by atoms with E-state index in [0.717, 1.165) is 6.66 Å². The molecule has 0 aromatic rings. The molecule has 0 aliphatic heterocycles. The van der Waals surface area contributed by atoms with Gasteiger partial charge in [0.25, 0.3) is 0 Å². The van der Waals surface area contributed by atoms with Crippen LogP contribution in [0.3, 0.4) is 0 Å². The van der Waals surface area contributed by atoms with Crippen molar-refractivity contribution in [1.82, 2.24) is 0 Å². The Balaban J connectivity index is 4.74. The average Bonchev–Trinajstić information content (AvgIpc) is 1.75. The molecule has 8 nitrogen and oxygen atoms in total.